The fourth-order valence-corrected chi connectivity index (χ4v) is 4.80. The van der Waals surface area contributed by atoms with Crippen LogP contribution < -0.4 is 4.74 Å². The van der Waals surface area contributed by atoms with Gasteiger partial charge in [0.05, 0.1) is 7.11 Å². The summed E-state index contributed by atoms with van der Waals surface area (Å²) in [7, 11) is 1.75. The molecule has 0 bridgehead atoms. The molecule has 0 aliphatic heterocycles. The van der Waals surface area contributed by atoms with Gasteiger partial charge in [0.1, 0.15) is 5.75 Å². The molecule has 0 atom stereocenters. The summed E-state index contributed by atoms with van der Waals surface area (Å²) < 4.78 is 5.77. The minimum atomic E-state index is 0.908. The summed E-state index contributed by atoms with van der Waals surface area (Å²) in [6, 6.07) is 32.5. The first-order valence-electron chi connectivity index (χ1n) is 9.59. The van der Waals surface area contributed by atoms with E-state index in [0.29, 0.717) is 0 Å². The summed E-state index contributed by atoms with van der Waals surface area (Å²) in [5, 5.41) is 5.22. The second-order valence-electron chi connectivity index (χ2n) is 7.27. The quantitative estimate of drug-likeness (QED) is 0.295. The van der Waals surface area contributed by atoms with Crippen LogP contribution in [0.2, 0.25) is 0 Å². The number of fused-ring (bicyclic) bond motifs is 5. The van der Waals surface area contributed by atoms with Crippen LogP contribution in [0.1, 0.15) is 0 Å². The normalized spacial score (nSPS) is 11.8. The van der Waals surface area contributed by atoms with Crippen molar-refractivity contribution in [1.29, 1.82) is 0 Å². The van der Waals surface area contributed by atoms with Gasteiger partial charge in [-0.15, -0.1) is 0 Å². The summed E-state index contributed by atoms with van der Waals surface area (Å²) in [4.78, 5) is 0. The van der Waals surface area contributed by atoms with E-state index >= 15 is 0 Å². The lowest BCUT2D eigenvalue weighted by Crippen LogP contribution is -1.92. The Labute approximate surface area is 163 Å². The second kappa shape index (κ2) is 5.71. The Morgan fingerprint density at radius 2 is 1.07 bits per heavy atom. The lowest BCUT2D eigenvalue weighted by Gasteiger charge is -2.17. The molecule has 6 rings (SSSR count). The highest BCUT2D eigenvalue weighted by Crippen LogP contribution is 2.54. The van der Waals surface area contributed by atoms with E-state index in [2.05, 4.69) is 78.9 Å². The number of hydrogen-bond acceptors (Lipinski definition) is 1. The predicted molar refractivity (Wildman–Crippen MR) is 118 cm³/mol. The second-order valence-corrected chi connectivity index (χ2v) is 7.27. The molecule has 0 N–H and O–H groups in total. The summed E-state index contributed by atoms with van der Waals surface area (Å²) >= 11 is 0. The molecule has 1 nitrogen and oxygen atoms in total. The van der Waals surface area contributed by atoms with E-state index in [0.717, 1.165) is 11.3 Å². The van der Waals surface area contributed by atoms with Gasteiger partial charge >= 0.3 is 0 Å². The highest BCUT2D eigenvalue weighted by atomic mass is 16.5. The van der Waals surface area contributed by atoms with Crippen LogP contribution in [0.4, 0.5) is 0 Å². The van der Waals surface area contributed by atoms with Crippen molar-refractivity contribution in [3.05, 3.63) is 91.0 Å². The van der Waals surface area contributed by atoms with Crippen LogP contribution in [0.3, 0.4) is 0 Å². The molecule has 0 aromatic heterocycles. The minimum absolute atomic E-state index is 0.908. The zero-order valence-electron chi connectivity index (χ0n) is 15.6. The van der Waals surface area contributed by atoms with Gasteiger partial charge in [0.2, 0.25) is 0 Å². The maximum atomic E-state index is 5.77. The van der Waals surface area contributed by atoms with E-state index in [9.17, 15) is 0 Å². The Kier molecular flexibility index (Phi) is 3.15. The monoisotopic (exact) mass is 358 g/mol. The van der Waals surface area contributed by atoms with Crippen molar-refractivity contribution in [2.24, 2.45) is 0 Å². The molecule has 0 saturated carbocycles. The van der Waals surface area contributed by atoms with E-state index in [1.807, 2.05) is 12.1 Å². The van der Waals surface area contributed by atoms with Crippen molar-refractivity contribution in [2.75, 3.05) is 7.11 Å². The van der Waals surface area contributed by atoms with E-state index in [-0.39, 0.29) is 0 Å². The predicted octanol–water partition coefficient (Wildman–Crippen LogP) is 7.32. The Bertz CT molecular complexity index is 1390. The van der Waals surface area contributed by atoms with Gasteiger partial charge in [0.25, 0.3) is 0 Å². The molecule has 132 valence electrons. The molecule has 0 fully saturated rings. The van der Waals surface area contributed by atoms with Crippen LogP contribution >= 0.6 is 0 Å². The zero-order chi connectivity index (χ0) is 18.7. The number of methoxy groups -OCH3 is 1. The molecule has 0 saturated heterocycles. The van der Waals surface area contributed by atoms with Crippen LogP contribution in [-0.2, 0) is 0 Å². The zero-order valence-corrected chi connectivity index (χ0v) is 15.6. The van der Waals surface area contributed by atoms with Crippen LogP contribution in [-0.4, -0.2) is 7.11 Å². The largest absolute Gasteiger partial charge is 0.496 e. The molecule has 0 radical (unpaired) electrons. The number of rotatable bonds is 2. The molecular weight excluding hydrogens is 340 g/mol. The highest BCUT2D eigenvalue weighted by Gasteiger charge is 2.27. The smallest absolute Gasteiger partial charge is 0.126 e. The van der Waals surface area contributed by atoms with E-state index in [4.69, 9.17) is 4.74 Å². The van der Waals surface area contributed by atoms with Crippen molar-refractivity contribution in [3.63, 3.8) is 0 Å². The van der Waals surface area contributed by atoms with Crippen molar-refractivity contribution >= 4 is 21.5 Å². The topological polar surface area (TPSA) is 9.23 Å². The van der Waals surface area contributed by atoms with Gasteiger partial charge in [-0.3, -0.25) is 0 Å². The molecular formula is C27H18O. The Hall–Kier alpha value is -3.58. The molecule has 1 aliphatic rings. The molecule has 1 aliphatic carbocycles. The van der Waals surface area contributed by atoms with Gasteiger partial charge in [-0.25, -0.2) is 0 Å². The van der Waals surface area contributed by atoms with E-state index < -0.39 is 0 Å². The Morgan fingerprint density at radius 3 is 1.89 bits per heavy atom. The van der Waals surface area contributed by atoms with Crippen molar-refractivity contribution in [2.45, 2.75) is 0 Å². The summed E-state index contributed by atoms with van der Waals surface area (Å²) in [5.74, 6) is 0.908. The van der Waals surface area contributed by atoms with E-state index in [1.54, 1.807) is 7.11 Å². The lowest BCUT2D eigenvalue weighted by molar-refractivity contribution is 0.416. The van der Waals surface area contributed by atoms with Gasteiger partial charge in [-0.05, 0) is 49.9 Å². The van der Waals surface area contributed by atoms with Gasteiger partial charge in [-0.1, -0.05) is 84.9 Å². The van der Waals surface area contributed by atoms with Gasteiger partial charge < -0.3 is 4.74 Å². The van der Waals surface area contributed by atoms with Gasteiger partial charge in [0.15, 0.2) is 0 Å². The first-order chi connectivity index (χ1) is 13.9. The minimum Gasteiger partial charge on any atom is -0.496 e. The Morgan fingerprint density at radius 1 is 0.464 bits per heavy atom. The number of para-hydroxylation sites is 1. The summed E-state index contributed by atoms with van der Waals surface area (Å²) in [6.45, 7) is 0. The third-order valence-electron chi connectivity index (χ3n) is 5.91. The molecule has 5 aromatic rings. The molecule has 28 heavy (non-hydrogen) atoms. The average molecular weight is 358 g/mol. The summed E-state index contributed by atoms with van der Waals surface area (Å²) in [6.07, 6.45) is 0. The fourth-order valence-electron chi connectivity index (χ4n) is 4.80. The van der Waals surface area contributed by atoms with Crippen LogP contribution in [0, 0.1) is 0 Å². The molecule has 5 aromatic carbocycles. The fraction of sp³-hybridized carbons (Fsp3) is 0.0370. The van der Waals surface area contributed by atoms with Crippen LogP contribution in [0.15, 0.2) is 91.0 Å². The van der Waals surface area contributed by atoms with Crippen molar-refractivity contribution in [3.8, 4) is 39.1 Å². The van der Waals surface area contributed by atoms with E-state index in [1.165, 1.54) is 49.4 Å². The average Bonchev–Trinajstić information content (AvgIpc) is 3.10. The maximum Gasteiger partial charge on any atom is 0.126 e. The van der Waals surface area contributed by atoms with Crippen LogP contribution in [0.5, 0.6) is 5.75 Å². The highest BCUT2D eigenvalue weighted by molar-refractivity contribution is 6.29. The van der Waals surface area contributed by atoms with Crippen molar-refractivity contribution < 1.29 is 4.74 Å². The first-order valence-corrected chi connectivity index (χ1v) is 9.59. The van der Waals surface area contributed by atoms with Crippen LogP contribution in [0.25, 0.3) is 54.9 Å². The lowest BCUT2D eigenvalue weighted by atomic mass is 9.87. The third kappa shape index (κ3) is 1.91. The molecule has 0 spiro atoms. The van der Waals surface area contributed by atoms with Gasteiger partial charge in [-0.2, -0.15) is 0 Å². The third-order valence-corrected chi connectivity index (χ3v) is 5.91. The maximum absolute atomic E-state index is 5.77. The number of benzene rings is 5. The first kappa shape index (κ1) is 15.5. The Balaban J connectivity index is 1.92. The standard InChI is InChI=1S/C27H18O/c1-28-24-16-7-6-13-23(24)26-19-11-4-2-9-17(19)20-14-8-15-21-18-10-3-5-12-22(18)27(26)25(20)21/h2-16H,1H3. The number of ether oxygens (including phenoxy) is 1. The molecule has 0 amide bonds. The molecule has 0 unspecified atom stereocenters. The van der Waals surface area contributed by atoms with Gasteiger partial charge in [0, 0.05) is 11.1 Å². The molecule has 1 heteroatoms. The van der Waals surface area contributed by atoms with Crippen molar-refractivity contribution in [1.82, 2.24) is 0 Å². The molecule has 0 heterocycles. The summed E-state index contributed by atoms with van der Waals surface area (Å²) in [5.41, 5.74) is 7.67. The SMILES string of the molecule is COc1ccccc1-c1c2c3c(cccc3c3ccccc13)-c1ccccc1-2. The number of hydrogen-bond donors (Lipinski definition) is 0.